The lowest BCUT2D eigenvalue weighted by Gasteiger charge is -2.17. The first-order valence-corrected chi connectivity index (χ1v) is 8.35. The van der Waals surface area contributed by atoms with E-state index in [-0.39, 0.29) is 23.7 Å². The van der Waals surface area contributed by atoms with E-state index in [0.29, 0.717) is 6.42 Å². The van der Waals surface area contributed by atoms with Gasteiger partial charge in [0.25, 0.3) is 5.56 Å². The summed E-state index contributed by atoms with van der Waals surface area (Å²) in [6, 6.07) is 0. The molecule has 2 aromatic rings. The Bertz CT molecular complexity index is 911. The Labute approximate surface area is 135 Å². The summed E-state index contributed by atoms with van der Waals surface area (Å²) >= 11 is 0. The Morgan fingerprint density at radius 1 is 1.62 bits per heavy atom. The van der Waals surface area contributed by atoms with Gasteiger partial charge in [-0.25, -0.2) is 9.55 Å². The Morgan fingerprint density at radius 3 is 3.04 bits per heavy atom. The summed E-state index contributed by atoms with van der Waals surface area (Å²) in [6.45, 7) is -0.318. The summed E-state index contributed by atoms with van der Waals surface area (Å²) in [5.41, 5.74) is 5.34. The molecule has 3 heterocycles. The second kappa shape index (κ2) is 6.01. The SMILES string of the molecule is C#C[C@H]1C[C@@H](COP(=O)(O)O)O[C@H]1n1cnc2c(=O)[nH]c(N)nc21. The number of nitrogens with one attached hydrogen (secondary N) is 1. The molecule has 1 aliphatic rings. The predicted molar refractivity (Wildman–Crippen MR) is 81.4 cm³/mol. The van der Waals surface area contributed by atoms with Gasteiger partial charge >= 0.3 is 7.82 Å². The molecule has 11 nitrogen and oxygen atoms in total. The van der Waals surface area contributed by atoms with Crippen LogP contribution < -0.4 is 11.3 Å². The van der Waals surface area contributed by atoms with Crippen LogP contribution in [-0.2, 0) is 13.8 Å². The van der Waals surface area contributed by atoms with Gasteiger partial charge in [0.15, 0.2) is 17.4 Å². The minimum Gasteiger partial charge on any atom is -0.369 e. The van der Waals surface area contributed by atoms with Gasteiger partial charge in [0.1, 0.15) is 0 Å². The molecule has 0 bridgehead atoms. The van der Waals surface area contributed by atoms with Crippen molar-refractivity contribution in [1.29, 1.82) is 0 Å². The van der Waals surface area contributed by atoms with E-state index in [1.807, 2.05) is 0 Å². The molecule has 3 rings (SSSR count). The molecule has 0 radical (unpaired) electrons. The number of phosphoric acid groups is 1. The van der Waals surface area contributed by atoms with E-state index in [9.17, 15) is 9.36 Å². The van der Waals surface area contributed by atoms with Crippen molar-refractivity contribution in [2.75, 3.05) is 12.3 Å². The maximum absolute atomic E-state index is 11.8. The van der Waals surface area contributed by atoms with Crippen molar-refractivity contribution in [3.63, 3.8) is 0 Å². The third-order valence-electron chi connectivity index (χ3n) is 3.56. The van der Waals surface area contributed by atoms with Crippen LogP contribution in [0.3, 0.4) is 0 Å². The van der Waals surface area contributed by atoms with Gasteiger partial charge in [-0.1, -0.05) is 5.92 Å². The fourth-order valence-electron chi connectivity index (χ4n) is 2.57. The summed E-state index contributed by atoms with van der Waals surface area (Å²) < 4.78 is 22.4. The van der Waals surface area contributed by atoms with Crippen molar-refractivity contribution >= 4 is 24.9 Å². The monoisotopic (exact) mass is 355 g/mol. The van der Waals surface area contributed by atoms with Crippen molar-refractivity contribution in [2.45, 2.75) is 18.8 Å². The fourth-order valence-corrected chi connectivity index (χ4v) is 2.93. The van der Waals surface area contributed by atoms with Crippen LogP contribution in [-0.4, -0.2) is 42.0 Å². The van der Waals surface area contributed by atoms with Crippen molar-refractivity contribution in [3.05, 3.63) is 16.7 Å². The van der Waals surface area contributed by atoms with Crippen molar-refractivity contribution in [2.24, 2.45) is 5.92 Å². The van der Waals surface area contributed by atoms with E-state index in [0.717, 1.165) is 0 Å². The molecule has 0 aliphatic carbocycles. The van der Waals surface area contributed by atoms with E-state index >= 15 is 0 Å². The van der Waals surface area contributed by atoms with Crippen LogP contribution >= 0.6 is 7.82 Å². The van der Waals surface area contributed by atoms with Crippen molar-refractivity contribution < 1.29 is 23.6 Å². The van der Waals surface area contributed by atoms with Gasteiger partial charge in [-0.15, -0.1) is 6.42 Å². The van der Waals surface area contributed by atoms with Gasteiger partial charge in [-0.2, -0.15) is 4.98 Å². The molecule has 1 aliphatic heterocycles. The summed E-state index contributed by atoms with van der Waals surface area (Å²) in [5, 5.41) is 0. The smallest absolute Gasteiger partial charge is 0.369 e. The van der Waals surface area contributed by atoms with Gasteiger partial charge in [0, 0.05) is 0 Å². The topological polar surface area (TPSA) is 166 Å². The van der Waals surface area contributed by atoms with Crippen molar-refractivity contribution in [3.8, 4) is 12.3 Å². The van der Waals surface area contributed by atoms with E-state index in [4.69, 9.17) is 26.7 Å². The Hall–Kier alpha value is -2.22. The number of nitrogens with zero attached hydrogens (tertiary/aromatic N) is 3. The molecule has 0 unspecified atom stereocenters. The number of fused-ring (bicyclic) bond motifs is 1. The number of aromatic nitrogens is 4. The number of imidazole rings is 1. The second-order valence-electron chi connectivity index (χ2n) is 5.22. The molecule has 0 saturated carbocycles. The zero-order valence-electron chi connectivity index (χ0n) is 12.2. The second-order valence-corrected chi connectivity index (χ2v) is 6.46. The molecule has 3 atom stereocenters. The highest BCUT2D eigenvalue weighted by Crippen LogP contribution is 2.40. The van der Waals surface area contributed by atoms with Gasteiger partial charge in [-0.3, -0.25) is 18.9 Å². The molecule has 1 fully saturated rings. The molecular weight excluding hydrogens is 341 g/mol. The number of ether oxygens (including phenoxy) is 1. The average molecular weight is 355 g/mol. The summed E-state index contributed by atoms with van der Waals surface area (Å²) in [7, 11) is -4.60. The minimum atomic E-state index is -4.60. The maximum atomic E-state index is 11.8. The molecule has 24 heavy (non-hydrogen) atoms. The molecule has 2 aromatic heterocycles. The van der Waals surface area contributed by atoms with Crippen molar-refractivity contribution in [1.82, 2.24) is 19.5 Å². The number of nitrogen functional groups attached to an aromatic ring is 1. The van der Waals surface area contributed by atoms with E-state index < -0.39 is 31.6 Å². The maximum Gasteiger partial charge on any atom is 0.469 e. The van der Waals surface area contributed by atoms with Crippen LogP contribution in [0.5, 0.6) is 0 Å². The third-order valence-corrected chi connectivity index (χ3v) is 4.05. The van der Waals surface area contributed by atoms with Crippen LogP contribution in [0.1, 0.15) is 12.6 Å². The quantitative estimate of drug-likeness (QED) is 0.411. The number of H-pyrrole nitrogens is 1. The minimum absolute atomic E-state index is 0.0779. The number of phosphoric ester groups is 1. The van der Waals surface area contributed by atoms with Crippen LogP contribution in [0.25, 0.3) is 11.2 Å². The fraction of sp³-hybridized carbons (Fsp3) is 0.417. The molecule has 5 N–H and O–H groups in total. The standard InChI is InChI=1S/C12H14N5O6P/c1-2-6-3-7(4-22-24(19,20)21)23-11(6)17-5-14-8-9(17)15-12(13)16-10(8)18/h1,5-7,11H,3-4H2,(H2,19,20,21)(H3,13,15,16,18)/t6-,7-,11+/m0/s1. The Morgan fingerprint density at radius 2 is 2.38 bits per heavy atom. The normalized spacial score (nSPS) is 24.3. The molecule has 0 amide bonds. The number of hydrogen-bond acceptors (Lipinski definition) is 7. The number of terminal acetylenes is 1. The van der Waals surface area contributed by atoms with Gasteiger partial charge in [0.05, 0.1) is 25.0 Å². The number of nitrogens with two attached hydrogens (primary N) is 1. The number of anilines is 1. The predicted octanol–water partition coefficient (Wildman–Crippen LogP) is -0.652. The molecule has 128 valence electrons. The Balaban J connectivity index is 1.90. The lowest BCUT2D eigenvalue weighted by Crippen LogP contribution is -2.18. The highest BCUT2D eigenvalue weighted by Gasteiger charge is 2.37. The lowest BCUT2D eigenvalue weighted by atomic mass is 10.0. The highest BCUT2D eigenvalue weighted by molar-refractivity contribution is 7.46. The molecule has 0 spiro atoms. The third kappa shape index (κ3) is 3.19. The van der Waals surface area contributed by atoms with Crippen LogP contribution in [0, 0.1) is 18.3 Å². The molecule has 12 heteroatoms. The van der Waals surface area contributed by atoms with Crippen LogP contribution in [0.2, 0.25) is 0 Å². The molecule has 1 saturated heterocycles. The summed E-state index contributed by atoms with van der Waals surface area (Å²) in [6.07, 6.45) is 5.85. The first-order valence-electron chi connectivity index (χ1n) is 6.82. The number of rotatable bonds is 4. The first-order chi connectivity index (χ1) is 11.3. The summed E-state index contributed by atoms with van der Waals surface area (Å²) in [4.78, 5) is 39.7. The zero-order chi connectivity index (χ0) is 17.5. The Kier molecular flexibility index (Phi) is 4.16. The van der Waals surface area contributed by atoms with Crippen LogP contribution in [0.4, 0.5) is 5.95 Å². The first kappa shape index (κ1) is 16.6. The summed E-state index contributed by atoms with van der Waals surface area (Å²) in [5.74, 6) is 2.06. The molecule has 0 aromatic carbocycles. The zero-order valence-corrected chi connectivity index (χ0v) is 13.1. The number of aromatic amines is 1. The molecular formula is C12H14N5O6P. The van der Waals surface area contributed by atoms with Crippen LogP contribution in [0.15, 0.2) is 11.1 Å². The van der Waals surface area contributed by atoms with Gasteiger partial charge < -0.3 is 20.3 Å². The van der Waals surface area contributed by atoms with E-state index in [1.54, 1.807) is 0 Å². The van der Waals surface area contributed by atoms with E-state index in [2.05, 4.69) is 25.4 Å². The average Bonchev–Trinajstić information content (AvgIpc) is 3.07. The highest BCUT2D eigenvalue weighted by atomic mass is 31.2. The number of hydrogen-bond donors (Lipinski definition) is 4. The largest absolute Gasteiger partial charge is 0.469 e. The lowest BCUT2D eigenvalue weighted by molar-refractivity contribution is -0.0259. The van der Waals surface area contributed by atoms with E-state index in [1.165, 1.54) is 10.9 Å². The van der Waals surface area contributed by atoms with Gasteiger partial charge in [0.2, 0.25) is 5.95 Å². The van der Waals surface area contributed by atoms with Gasteiger partial charge in [-0.05, 0) is 6.42 Å².